The summed E-state index contributed by atoms with van der Waals surface area (Å²) >= 11 is 16.1. The first-order chi connectivity index (χ1) is 39.5. The van der Waals surface area contributed by atoms with E-state index in [-0.39, 0.29) is 18.7 Å². The smallest absolute Gasteiger partial charge is 0.328 e. The molecular formula is C64H44B2Cl2N6O4S3. The second-order valence-electron chi connectivity index (χ2n) is 19.4. The van der Waals surface area contributed by atoms with Gasteiger partial charge in [-0.05, 0) is 85.1 Å². The van der Waals surface area contributed by atoms with Crippen LogP contribution in [0.3, 0.4) is 0 Å². The van der Waals surface area contributed by atoms with E-state index >= 15 is 0 Å². The van der Waals surface area contributed by atoms with E-state index in [1.165, 1.54) is 22.7 Å². The van der Waals surface area contributed by atoms with Crippen molar-refractivity contribution in [1.82, 2.24) is 18.9 Å². The molecule has 12 aromatic rings. The molecule has 8 aromatic carbocycles. The van der Waals surface area contributed by atoms with E-state index < -0.39 is 29.6 Å². The van der Waals surface area contributed by atoms with Crippen LogP contribution in [0.4, 0.5) is 0 Å². The summed E-state index contributed by atoms with van der Waals surface area (Å²) in [5.74, 6) is 0.0216. The van der Waals surface area contributed by atoms with Gasteiger partial charge in [0.25, 0.3) is 10.1 Å². The minimum atomic E-state index is -4.20. The van der Waals surface area contributed by atoms with Gasteiger partial charge >= 0.3 is 13.7 Å². The van der Waals surface area contributed by atoms with Crippen molar-refractivity contribution in [3.63, 3.8) is 0 Å². The maximum Gasteiger partial charge on any atom is 0.328 e. The lowest BCUT2D eigenvalue weighted by atomic mass is 9.50. The van der Waals surface area contributed by atoms with Gasteiger partial charge in [0.15, 0.2) is 0 Å². The highest BCUT2D eigenvalue weighted by molar-refractivity contribution is 7.85. The van der Waals surface area contributed by atoms with Crippen LogP contribution in [0.1, 0.15) is 22.0 Å². The summed E-state index contributed by atoms with van der Waals surface area (Å²) in [4.78, 5) is 15.1. The number of benzene rings is 8. The Morgan fingerprint density at radius 1 is 0.642 bits per heavy atom. The zero-order chi connectivity index (χ0) is 55.8. The highest BCUT2D eigenvalue weighted by atomic mass is 35.5. The van der Waals surface area contributed by atoms with Crippen LogP contribution in [0.25, 0.3) is 69.8 Å². The maximum absolute atomic E-state index is 12.3. The second-order valence-corrected chi connectivity index (χ2v) is 23.9. The molecule has 0 aliphatic heterocycles. The summed E-state index contributed by atoms with van der Waals surface area (Å²) in [7, 11) is -4.20. The van der Waals surface area contributed by atoms with Crippen LogP contribution < -0.4 is 37.3 Å². The number of hydrogen-bond acceptors (Lipinski definition) is 8. The third kappa shape index (κ3) is 10.4. The molecule has 0 spiro atoms. The summed E-state index contributed by atoms with van der Waals surface area (Å²) in [5, 5.41) is 16.8. The van der Waals surface area contributed by atoms with Crippen molar-refractivity contribution in [2.45, 2.75) is 13.3 Å². The lowest BCUT2D eigenvalue weighted by molar-refractivity contribution is 0.316. The first-order valence-electron chi connectivity index (χ1n) is 25.9. The molecule has 0 unspecified atom stereocenters. The average molecular weight is 1150 g/mol. The molecule has 0 saturated heterocycles. The molecule has 4 heterocycles. The largest absolute Gasteiger partial charge is 0.494 e. The van der Waals surface area contributed by atoms with Crippen LogP contribution in [0.5, 0.6) is 5.75 Å². The standard InChI is InChI=1S/C64H44B2Cl2N6O4S3/c1-41-18-15-16-27-50(41)60-57-56(61(51(40-69)63-71-52-34-30-47(67)38-54(52)79-63)74(60)66(45-23-11-5-12-24-45)46-25-13-6-14-26-46)59(42-28-32-49(33-29-42)78-36-17-37-81(75,76)77)73(65(43-19-7-3-8-20-43)44-21-9-4-10-22-44)62(57)58(70-2)64-72-53-35-31-48(68)39-55(53)80-64/h3-16,18-35,38-39H,17,36-37H2,1H3,(H,75,76,77)/b61-51-,62-58+. The molecule has 0 radical (unpaired) electrons. The Kier molecular flexibility index (Phi) is 14.8. The zero-order valence-corrected chi connectivity index (χ0v) is 47.2. The van der Waals surface area contributed by atoms with Gasteiger partial charge in [0.05, 0.1) is 44.7 Å². The number of aryl methyl sites for hydroxylation is 1. The average Bonchev–Trinajstić information content (AvgIpc) is 4.41. The van der Waals surface area contributed by atoms with E-state index in [1.807, 2.05) is 133 Å². The molecule has 0 saturated carbocycles. The fourth-order valence-electron chi connectivity index (χ4n) is 10.9. The predicted octanol–water partition coefficient (Wildman–Crippen LogP) is 11.4. The number of halogens is 2. The van der Waals surface area contributed by atoms with Crippen LogP contribution in [-0.2, 0) is 10.1 Å². The Labute approximate surface area is 486 Å². The van der Waals surface area contributed by atoms with Gasteiger partial charge in [-0.2, -0.15) is 13.7 Å². The van der Waals surface area contributed by atoms with Gasteiger partial charge in [-0.1, -0.05) is 191 Å². The Morgan fingerprint density at radius 3 is 1.60 bits per heavy atom. The molecule has 0 aliphatic carbocycles. The van der Waals surface area contributed by atoms with E-state index in [2.05, 4.69) is 87.5 Å². The van der Waals surface area contributed by atoms with E-state index in [4.69, 9.17) is 37.9 Å². The maximum atomic E-state index is 12.3. The Balaban J connectivity index is 1.39. The molecule has 1 N–H and O–H groups in total. The molecular weight excluding hydrogens is 1110 g/mol. The van der Waals surface area contributed by atoms with Gasteiger partial charge in [-0.3, -0.25) is 4.55 Å². The first-order valence-corrected chi connectivity index (χ1v) is 29.9. The molecule has 0 fully saturated rings. The number of hydrogen-bond donors (Lipinski definition) is 1. The van der Waals surface area contributed by atoms with Gasteiger partial charge in [-0.15, -0.1) is 22.7 Å². The molecule has 81 heavy (non-hydrogen) atoms. The van der Waals surface area contributed by atoms with Crippen molar-refractivity contribution in [2.24, 2.45) is 0 Å². The fourth-order valence-corrected chi connectivity index (χ4v) is 13.8. The lowest BCUT2D eigenvalue weighted by Crippen LogP contribution is -2.54. The van der Waals surface area contributed by atoms with Crippen LogP contribution in [0.2, 0.25) is 10.0 Å². The molecule has 0 amide bonds. The monoisotopic (exact) mass is 1150 g/mol. The zero-order valence-electron chi connectivity index (χ0n) is 43.2. The molecule has 17 heteroatoms. The lowest BCUT2D eigenvalue weighted by Gasteiger charge is -2.25. The summed E-state index contributed by atoms with van der Waals surface area (Å²) in [5.41, 5.74) is 9.66. The third-order valence-corrected chi connectivity index (χ3v) is 17.6. The van der Waals surface area contributed by atoms with Crippen molar-refractivity contribution < 1.29 is 17.7 Å². The molecule has 12 rings (SSSR count). The Bertz CT molecular complexity index is 4520. The number of rotatable bonds is 15. The quantitative estimate of drug-likeness (QED) is 0.0469. The predicted molar refractivity (Wildman–Crippen MR) is 334 cm³/mol. The summed E-state index contributed by atoms with van der Waals surface area (Å²) in [6, 6.07) is 70.7. The number of nitrogens with zero attached hydrogens (tertiary/aromatic N) is 6. The Morgan fingerprint density at radius 2 is 1.11 bits per heavy atom. The van der Waals surface area contributed by atoms with E-state index in [1.54, 1.807) is 12.1 Å². The van der Waals surface area contributed by atoms with E-state index in [9.17, 15) is 24.8 Å². The molecule has 4 aromatic heterocycles. The van der Waals surface area contributed by atoms with Crippen molar-refractivity contribution >= 4 is 134 Å². The van der Waals surface area contributed by atoms with Crippen molar-refractivity contribution in [3.8, 4) is 34.3 Å². The SMILES string of the molecule is [C-]#[N+]/C(c1nc2ccc(Cl)cc2s1)=c1\c2c(-c3ccccc3C)n(B(c3ccccc3)c3ccccc3)/c(=C(/C#N)c3nc4ccc(Cl)cc4s3)c2c(-c2ccc(OCCCS(=O)(=O)O)cc2)n1B(c1ccccc1)c1ccccc1. The summed E-state index contributed by atoms with van der Waals surface area (Å²) < 4.78 is 45.2. The third-order valence-electron chi connectivity index (χ3n) is 14.3. The fraction of sp³-hybridized carbons (Fsp3) is 0.0625. The van der Waals surface area contributed by atoms with Crippen molar-refractivity contribution in [2.75, 3.05) is 12.4 Å². The van der Waals surface area contributed by atoms with Gasteiger partial charge in [0.1, 0.15) is 27.4 Å². The molecule has 0 bridgehead atoms. The minimum Gasteiger partial charge on any atom is -0.494 e. The van der Waals surface area contributed by atoms with Gasteiger partial charge in [0.2, 0.25) is 5.70 Å². The van der Waals surface area contributed by atoms with Gasteiger partial charge in [0, 0.05) is 43.1 Å². The highest BCUT2D eigenvalue weighted by Crippen LogP contribution is 2.40. The van der Waals surface area contributed by atoms with E-state index in [0.717, 1.165) is 48.1 Å². The minimum absolute atomic E-state index is 0.0334. The summed E-state index contributed by atoms with van der Waals surface area (Å²) in [6.07, 6.45) is 0.0732. The topological polar surface area (TPSA) is 127 Å². The number of thiazole rings is 2. The number of aromatic nitrogens is 4. The Hall–Kier alpha value is -8.50. The van der Waals surface area contributed by atoms with Crippen LogP contribution in [0, 0.1) is 24.8 Å². The normalized spacial score (nSPS) is 12.3. The van der Waals surface area contributed by atoms with Crippen LogP contribution >= 0.6 is 45.9 Å². The number of fused-ring (bicyclic) bond motifs is 3. The first kappa shape index (κ1) is 53.2. The number of nitriles is 1. The van der Waals surface area contributed by atoms with Gasteiger partial charge in [-0.25, -0.2) is 14.8 Å². The van der Waals surface area contributed by atoms with Crippen LogP contribution in [0.15, 0.2) is 206 Å². The molecule has 0 atom stereocenters. The van der Waals surface area contributed by atoms with Crippen LogP contribution in [-0.4, -0.2) is 57.9 Å². The van der Waals surface area contributed by atoms with E-state index in [0.29, 0.717) is 75.1 Å². The van der Waals surface area contributed by atoms with Crippen molar-refractivity contribution in [3.05, 3.63) is 254 Å². The molecule has 392 valence electrons. The summed E-state index contributed by atoms with van der Waals surface area (Å²) in [6.45, 7) is 10.5. The molecule has 10 nitrogen and oxygen atoms in total. The number of ether oxygens (including phenoxy) is 1. The second kappa shape index (κ2) is 22.6. The highest BCUT2D eigenvalue weighted by Gasteiger charge is 2.38. The van der Waals surface area contributed by atoms with Crippen molar-refractivity contribution in [1.29, 1.82) is 5.26 Å². The van der Waals surface area contributed by atoms with Gasteiger partial charge < -0.3 is 13.7 Å². The molecule has 0 aliphatic rings.